The molecule has 2 aromatic carbocycles. The molecule has 5 heteroatoms. The van der Waals surface area contributed by atoms with Crippen molar-refractivity contribution >= 4 is 11.0 Å². The van der Waals surface area contributed by atoms with Crippen molar-refractivity contribution in [2.75, 3.05) is 27.8 Å². The van der Waals surface area contributed by atoms with Crippen LogP contribution in [0.3, 0.4) is 0 Å². The van der Waals surface area contributed by atoms with E-state index in [0.717, 1.165) is 59.0 Å². The van der Waals surface area contributed by atoms with Gasteiger partial charge in [-0.2, -0.15) is 0 Å². The highest BCUT2D eigenvalue weighted by molar-refractivity contribution is 5.90. The molecule has 30 heavy (non-hydrogen) atoms. The summed E-state index contributed by atoms with van der Waals surface area (Å²) in [4.78, 5) is 6.71. The molecule has 0 bridgehead atoms. The van der Waals surface area contributed by atoms with Crippen molar-refractivity contribution < 1.29 is 13.9 Å². The first-order valence-electron chi connectivity index (χ1n) is 10.00. The molecule has 0 aliphatic carbocycles. The van der Waals surface area contributed by atoms with Crippen LogP contribution in [-0.4, -0.2) is 37.7 Å². The summed E-state index contributed by atoms with van der Waals surface area (Å²) < 4.78 is 17.0. The van der Waals surface area contributed by atoms with Gasteiger partial charge in [0, 0.05) is 42.4 Å². The lowest BCUT2D eigenvalue weighted by Crippen LogP contribution is -2.21. The van der Waals surface area contributed by atoms with Crippen LogP contribution >= 0.6 is 0 Å². The summed E-state index contributed by atoms with van der Waals surface area (Å²) in [5.41, 5.74) is 4.09. The fraction of sp³-hybridized carbons (Fsp3) is 0.240. The largest absolute Gasteiger partial charge is 0.497 e. The number of benzene rings is 2. The Kier molecular flexibility index (Phi) is 6.00. The van der Waals surface area contributed by atoms with Crippen molar-refractivity contribution in [2.45, 2.75) is 13.0 Å². The maximum absolute atomic E-state index is 6.21. The van der Waals surface area contributed by atoms with Crippen LogP contribution in [0.5, 0.6) is 11.5 Å². The first kappa shape index (κ1) is 20.0. The van der Waals surface area contributed by atoms with Crippen LogP contribution in [0.1, 0.15) is 11.3 Å². The Morgan fingerprint density at radius 3 is 2.50 bits per heavy atom. The molecule has 0 spiro atoms. The average Bonchev–Trinajstić information content (AvgIpc) is 3.25. The van der Waals surface area contributed by atoms with Crippen LogP contribution in [0.2, 0.25) is 0 Å². The van der Waals surface area contributed by atoms with Gasteiger partial charge in [0.2, 0.25) is 0 Å². The topological polar surface area (TPSA) is 47.7 Å². The standard InChI is InChI=1S/C25H26N2O3/c1-27(15-13-20-6-4-5-14-26-20)17-19-9-12-23(29-3)25-22(19)16-24(30-25)18-7-10-21(28-2)11-8-18/h4-12,14,16H,13,15,17H2,1-3H3. The van der Waals surface area contributed by atoms with Crippen LogP contribution < -0.4 is 9.47 Å². The molecule has 4 aromatic rings. The zero-order valence-electron chi connectivity index (χ0n) is 17.6. The Morgan fingerprint density at radius 2 is 1.80 bits per heavy atom. The molecular weight excluding hydrogens is 376 g/mol. The second kappa shape index (κ2) is 9.01. The van der Waals surface area contributed by atoms with Crippen LogP contribution in [-0.2, 0) is 13.0 Å². The highest BCUT2D eigenvalue weighted by Crippen LogP contribution is 2.36. The van der Waals surface area contributed by atoms with Crippen molar-refractivity contribution in [3.63, 3.8) is 0 Å². The van der Waals surface area contributed by atoms with Crippen molar-refractivity contribution in [2.24, 2.45) is 0 Å². The number of ether oxygens (including phenoxy) is 2. The Balaban J connectivity index is 1.59. The quantitative estimate of drug-likeness (QED) is 0.406. The average molecular weight is 402 g/mol. The van der Waals surface area contributed by atoms with E-state index < -0.39 is 0 Å². The Hall–Kier alpha value is -3.31. The van der Waals surface area contributed by atoms with Crippen LogP contribution in [0, 0.1) is 0 Å². The molecule has 5 nitrogen and oxygen atoms in total. The van der Waals surface area contributed by atoms with Crippen molar-refractivity contribution in [3.8, 4) is 22.8 Å². The second-order valence-corrected chi connectivity index (χ2v) is 7.32. The summed E-state index contributed by atoms with van der Waals surface area (Å²) in [6, 6.07) is 20.1. The minimum absolute atomic E-state index is 0.740. The third kappa shape index (κ3) is 4.31. The number of aromatic nitrogens is 1. The van der Waals surface area contributed by atoms with Gasteiger partial charge in [-0.25, -0.2) is 0 Å². The number of rotatable bonds is 8. The highest BCUT2D eigenvalue weighted by Gasteiger charge is 2.15. The Bertz CT molecular complexity index is 1100. The summed E-state index contributed by atoms with van der Waals surface area (Å²) in [5.74, 6) is 2.38. The number of likely N-dealkylation sites (N-methyl/N-ethyl adjacent to an activating group) is 1. The van der Waals surface area contributed by atoms with Gasteiger partial charge in [-0.1, -0.05) is 12.1 Å². The van der Waals surface area contributed by atoms with E-state index in [0.29, 0.717) is 0 Å². The minimum Gasteiger partial charge on any atom is -0.497 e. The minimum atomic E-state index is 0.740. The van der Waals surface area contributed by atoms with Gasteiger partial charge in [0.15, 0.2) is 11.3 Å². The van der Waals surface area contributed by atoms with E-state index in [9.17, 15) is 0 Å². The predicted molar refractivity (Wildman–Crippen MR) is 119 cm³/mol. The highest BCUT2D eigenvalue weighted by atomic mass is 16.5. The van der Waals surface area contributed by atoms with Gasteiger partial charge < -0.3 is 18.8 Å². The van der Waals surface area contributed by atoms with Gasteiger partial charge in [0.05, 0.1) is 14.2 Å². The SMILES string of the molecule is COc1ccc(-c2cc3c(CN(C)CCc4ccccn4)ccc(OC)c3o2)cc1. The first-order chi connectivity index (χ1) is 14.7. The molecule has 0 aliphatic heterocycles. The fourth-order valence-electron chi connectivity index (χ4n) is 3.57. The lowest BCUT2D eigenvalue weighted by atomic mass is 10.1. The summed E-state index contributed by atoms with van der Waals surface area (Å²) >= 11 is 0. The molecule has 0 aliphatic rings. The van der Waals surface area contributed by atoms with Crippen molar-refractivity contribution in [3.05, 3.63) is 78.1 Å². The van der Waals surface area contributed by atoms with Gasteiger partial charge >= 0.3 is 0 Å². The molecule has 0 radical (unpaired) electrons. The molecular formula is C25H26N2O3. The zero-order chi connectivity index (χ0) is 20.9. The molecule has 0 fully saturated rings. The van der Waals surface area contributed by atoms with E-state index in [-0.39, 0.29) is 0 Å². The third-order valence-electron chi connectivity index (χ3n) is 5.25. The number of fused-ring (bicyclic) bond motifs is 1. The monoisotopic (exact) mass is 402 g/mol. The van der Waals surface area contributed by atoms with Gasteiger partial charge in [-0.15, -0.1) is 0 Å². The Morgan fingerprint density at radius 1 is 0.967 bits per heavy atom. The van der Waals surface area contributed by atoms with E-state index in [1.807, 2.05) is 48.7 Å². The lowest BCUT2D eigenvalue weighted by Gasteiger charge is -2.17. The molecule has 0 atom stereocenters. The number of furan rings is 1. The maximum atomic E-state index is 6.21. The first-order valence-corrected chi connectivity index (χ1v) is 10.00. The molecule has 2 aromatic heterocycles. The number of hydrogen-bond donors (Lipinski definition) is 0. The smallest absolute Gasteiger partial charge is 0.176 e. The van der Waals surface area contributed by atoms with Crippen LogP contribution in [0.4, 0.5) is 0 Å². The zero-order valence-corrected chi connectivity index (χ0v) is 17.6. The third-order valence-corrected chi connectivity index (χ3v) is 5.25. The summed E-state index contributed by atoms with van der Waals surface area (Å²) in [7, 11) is 5.46. The molecule has 2 heterocycles. The predicted octanol–water partition coefficient (Wildman–Crippen LogP) is 5.19. The molecule has 0 saturated carbocycles. The number of nitrogens with zero attached hydrogens (tertiary/aromatic N) is 2. The van der Waals surface area contributed by atoms with Gasteiger partial charge in [-0.3, -0.25) is 4.98 Å². The molecule has 4 rings (SSSR count). The molecule has 0 saturated heterocycles. The van der Waals surface area contributed by atoms with E-state index >= 15 is 0 Å². The lowest BCUT2D eigenvalue weighted by molar-refractivity contribution is 0.331. The van der Waals surface area contributed by atoms with Gasteiger partial charge in [0.25, 0.3) is 0 Å². The number of pyridine rings is 1. The number of methoxy groups -OCH3 is 2. The molecule has 0 unspecified atom stereocenters. The molecule has 0 amide bonds. The summed E-state index contributed by atoms with van der Waals surface area (Å²) in [6.07, 6.45) is 2.76. The van der Waals surface area contributed by atoms with Crippen LogP contribution in [0.25, 0.3) is 22.3 Å². The normalized spacial score (nSPS) is 11.2. The van der Waals surface area contributed by atoms with Crippen LogP contribution in [0.15, 0.2) is 71.3 Å². The molecule has 154 valence electrons. The fourth-order valence-corrected chi connectivity index (χ4v) is 3.57. The second-order valence-electron chi connectivity index (χ2n) is 7.32. The van der Waals surface area contributed by atoms with Gasteiger partial charge in [-0.05, 0) is 61.1 Å². The van der Waals surface area contributed by atoms with E-state index in [1.165, 1.54) is 5.56 Å². The van der Waals surface area contributed by atoms with E-state index in [1.54, 1.807) is 14.2 Å². The van der Waals surface area contributed by atoms with Crippen molar-refractivity contribution in [1.82, 2.24) is 9.88 Å². The van der Waals surface area contributed by atoms with E-state index in [2.05, 4.69) is 35.1 Å². The van der Waals surface area contributed by atoms with Gasteiger partial charge in [0.1, 0.15) is 11.5 Å². The molecule has 0 N–H and O–H groups in total. The number of hydrogen-bond acceptors (Lipinski definition) is 5. The summed E-state index contributed by atoms with van der Waals surface area (Å²) in [6.45, 7) is 1.74. The summed E-state index contributed by atoms with van der Waals surface area (Å²) in [5, 5.41) is 1.07. The van der Waals surface area contributed by atoms with Crippen molar-refractivity contribution in [1.29, 1.82) is 0 Å². The Labute approximate surface area is 176 Å². The van der Waals surface area contributed by atoms with E-state index in [4.69, 9.17) is 13.9 Å². The maximum Gasteiger partial charge on any atom is 0.176 e.